The van der Waals surface area contributed by atoms with Crippen LogP contribution < -0.4 is 0 Å². The lowest BCUT2D eigenvalue weighted by molar-refractivity contribution is 0.0691. The van der Waals surface area contributed by atoms with Crippen molar-refractivity contribution < 1.29 is 9.90 Å². The van der Waals surface area contributed by atoms with Gasteiger partial charge in [-0.25, -0.2) is 9.78 Å². The van der Waals surface area contributed by atoms with Gasteiger partial charge < -0.3 is 5.11 Å². The van der Waals surface area contributed by atoms with Crippen LogP contribution in [0.3, 0.4) is 0 Å². The number of halogens is 2. The van der Waals surface area contributed by atoms with E-state index in [9.17, 15) is 4.79 Å². The summed E-state index contributed by atoms with van der Waals surface area (Å²) in [6, 6.07) is 10.1. The van der Waals surface area contributed by atoms with E-state index in [0.29, 0.717) is 10.7 Å². The van der Waals surface area contributed by atoms with E-state index in [1.807, 2.05) is 0 Å². The first kappa shape index (κ1) is 11.9. The van der Waals surface area contributed by atoms with Crippen molar-refractivity contribution in [1.29, 1.82) is 0 Å². The minimum atomic E-state index is -1.15. The van der Waals surface area contributed by atoms with E-state index < -0.39 is 5.97 Å². The maximum atomic E-state index is 10.9. The van der Waals surface area contributed by atoms with Gasteiger partial charge in [-0.15, -0.1) is 0 Å². The van der Waals surface area contributed by atoms with Crippen molar-refractivity contribution in [3.63, 3.8) is 0 Å². The molecule has 0 saturated heterocycles. The van der Waals surface area contributed by atoms with Crippen LogP contribution in [-0.2, 0) is 0 Å². The van der Waals surface area contributed by atoms with Gasteiger partial charge in [0.2, 0.25) is 0 Å². The second kappa shape index (κ2) is 4.73. The molecule has 3 nitrogen and oxygen atoms in total. The Morgan fingerprint density at radius 1 is 1.06 bits per heavy atom. The number of carbonyl (C=O) groups is 1. The average molecular weight is 268 g/mol. The van der Waals surface area contributed by atoms with Crippen LogP contribution in [0.1, 0.15) is 10.5 Å². The number of aromatic nitrogens is 1. The highest BCUT2D eigenvalue weighted by Crippen LogP contribution is 2.23. The highest BCUT2D eigenvalue weighted by Gasteiger charge is 2.12. The summed E-state index contributed by atoms with van der Waals surface area (Å²) in [5.41, 5.74) is 1.18. The molecule has 1 heterocycles. The van der Waals surface area contributed by atoms with Gasteiger partial charge in [0.05, 0.1) is 10.7 Å². The first-order valence-electron chi connectivity index (χ1n) is 4.73. The highest BCUT2D eigenvalue weighted by molar-refractivity contribution is 6.33. The van der Waals surface area contributed by atoms with Crippen molar-refractivity contribution in [3.8, 4) is 11.3 Å². The van der Waals surface area contributed by atoms with E-state index in [1.165, 1.54) is 6.07 Å². The molecule has 5 heteroatoms. The molecule has 0 unspecified atom stereocenters. The molecule has 0 aliphatic rings. The molecule has 1 N–H and O–H groups in total. The lowest BCUT2D eigenvalue weighted by atomic mass is 10.1. The largest absolute Gasteiger partial charge is 0.476 e. The van der Waals surface area contributed by atoms with Crippen LogP contribution in [-0.4, -0.2) is 16.1 Å². The van der Waals surface area contributed by atoms with Crippen LogP contribution in [0.2, 0.25) is 10.0 Å². The van der Waals surface area contributed by atoms with Gasteiger partial charge in [0.25, 0.3) is 0 Å². The number of pyridine rings is 1. The topological polar surface area (TPSA) is 50.2 Å². The number of aromatic carboxylic acids is 1. The number of hydrogen-bond acceptors (Lipinski definition) is 2. The van der Waals surface area contributed by atoms with E-state index in [4.69, 9.17) is 28.3 Å². The summed E-state index contributed by atoms with van der Waals surface area (Å²) in [4.78, 5) is 14.9. The molecule has 0 aliphatic heterocycles. The van der Waals surface area contributed by atoms with Crippen molar-refractivity contribution in [1.82, 2.24) is 4.98 Å². The normalized spacial score (nSPS) is 10.2. The second-order valence-electron chi connectivity index (χ2n) is 3.34. The fourth-order valence-electron chi connectivity index (χ4n) is 1.37. The van der Waals surface area contributed by atoms with Gasteiger partial charge in [-0.1, -0.05) is 35.3 Å². The van der Waals surface area contributed by atoms with E-state index in [0.717, 1.165) is 5.56 Å². The predicted octanol–water partition coefficient (Wildman–Crippen LogP) is 3.75. The molecule has 17 heavy (non-hydrogen) atoms. The Bertz CT molecular complexity index is 567. The van der Waals surface area contributed by atoms with Crippen molar-refractivity contribution >= 4 is 29.2 Å². The summed E-state index contributed by atoms with van der Waals surface area (Å²) in [7, 11) is 0. The summed E-state index contributed by atoms with van der Waals surface area (Å²) >= 11 is 11.5. The second-order valence-corrected chi connectivity index (χ2v) is 4.18. The highest BCUT2D eigenvalue weighted by atomic mass is 35.5. The molecule has 1 aromatic carbocycles. The quantitative estimate of drug-likeness (QED) is 0.902. The van der Waals surface area contributed by atoms with Crippen LogP contribution in [0.25, 0.3) is 11.3 Å². The molecular formula is C12H7Cl2NO2. The number of rotatable bonds is 2. The SMILES string of the molecule is O=C(O)c1nc(-c2ccc(Cl)cc2)ccc1Cl. The smallest absolute Gasteiger partial charge is 0.356 e. The Labute approximate surface area is 108 Å². The zero-order valence-electron chi connectivity index (χ0n) is 8.52. The maximum Gasteiger partial charge on any atom is 0.356 e. The summed E-state index contributed by atoms with van der Waals surface area (Å²) in [5.74, 6) is -1.15. The fourth-order valence-corrected chi connectivity index (χ4v) is 1.69. The van der Waals surface area contributed by atoms with Crippen LogP contribution in [0, 0.1) is 0 Å². The summed E-state index contributed by atoms with van der Waals surface area (Å²) < 4.78 is 0. The number of carboxylic acid groups (broad SMARTS) is 1. The molecule has 2 aromatic rings. The molecular weight excluding hydrogens is 261 g/mol. The lowest BCUT2D eigenvalue weighted by Crippen LogP contribution is -2.02. The molecule has 1 aromatic heterocycles. The summed E-state index contributed by atoms with van der Waals surface area (Å²) in [5, 5.41) is 9.65. The molecule has 0 amide bonds. The van der Waals surface area contributed by atoms with Gasteiger partial charge in [0.15, 0.2) is 5.69 Å². The number of carboxylic acids is 1. The Hall–Kier alpha value is -1.58. The summed E-state index contributed by atoms with van der Waals surface area (Å²) in [6.07, 6.45) is 0. The molecule has 0 fully saturated rings. The van der Waals surface area contributed by atoms with E-state index in [2.05, 4.69) is 4.98 Å². The van der Waals surface area contributed by atoms with Crippen molar-refractivity contribution in [3.05, 3.63) is 52.1 Å². The zero-order valence-corrected chi connectivity index (χ0v) is 10.0. The van der Waals surface area contributed by atoms with Crippen LogP contribution in [0.15, 0.2) is 36.4 Å². The van der Waals surface area contributed by atoms with Crippen LogP contribution in [0.4, 0.5) is 0 Å². The average Bonchev–Trinajstić information content (AvgIpc) is 2.30. The third-order valence-electron chi connectivity index (χ3n) is 2.19. The molecule has 0 atom stereocenters. The molecule has 0 bridgehead atoms. The van der Waals surface area contributed by atoms with Crippen LogP contribution in [0.5, 0.6) is 0 Å². The minimum absolute atomic E-state index is 0.121. The number of nitrogens with zero attached hydrogens (tertiary/aromatic N) is 1. The lowest BCUT2D eigenvalue weighted by Gasteiger charge is -2.03. The third-order valence-corrected chi connectivity index (χ3v) is 2.75. The molecule has 2 rings (SSSR count). The first-order chi connectivity index (χ1) is 8.08. The van der Waals surface area contributed by atoms with Gasteiger partial charge in [-0.2, -0.15) is 0 Å². The molecule has 0 aliphatic carbocycles. The van der Waals surface area contributed by atoms with Gasteiger partial charge in [0, 0.05) is 10.6 Å². The Balaban J connectivity index is 2.50. The molecule has 86 valence electrons. The molecule has 0 radical (unpaired) electrons. The standard InChI is InChI=1S/C12H7Cl2NO2/c13-8-3-1-7(2-4-8)10-6-5-9(14)11(15-10)12(16)17/h1-6H,(H,16,17). The molecule has 0 spiro atoms. The van der Waals surface area contributed by atoms with Gasteiger partial charge in [-0.05, 0) is 24.3 Å². The monoisotopic (exact) mass is 267 g/mol. The maximum absolute atomic E-state index is 10.9. The first-order valence-corrected chi connectivity index (χ1v) is 5.49. The Kier molecular flexibility index (Phi) is 3.31. The summed E-state index contributed by atoms with van der Waals surface area (Å²) in [6.45, 7) is 0. The van der Waals surface area contributed by atoms with Gasteiger partial charge >= 0.3 is 5.97 Å². The van der Waals surface area contributed by atoms with Gasteiger partial charge in [-0.3, -0.25) is 0 Å². The van der Waals surface area contributed by atoms with Crippen molar-refractivity contribution in [2.45, 2.75) is 0 Å². The number of hydrogen-bond donors (Lipinski definition) is 1. The number of benzene rings is 1. The van der Waals surface area contributed by atoms with Crippen LogP contribution >= 0.6 is 23.2 Å². The van der Waals surface area contributed by atoms with Gasteiger partial charge in [0.1, 0.15) is 0 Å². The third kappa shape index (κ3) is 2.57. The van der Waals surface area contributed by atoms with Crippen molar-refractivity contribution in [2.75, 3.05) is 0 Å². The molecule has 0 saturated carbocycles. The predicted molar refractivity (Wildman–Crippen MR) is 66.7 cm³/mol. The Morgan fingerprint density at radius 2 is 1.71 bits per heavy atom. The van der Waals surface area contributed by atoms with Crippen molar-refractivity contribution in [2.24, 2.45) is 0 Å². The zero-order chi connectivity index (χ0) is 12.4. The minimum Gasteiger partial charge on any atom is -0.476 e. The van der Waals surface area contributed by atoms with E-state index >= 15 is 0 Å². The van der Waals surface area contributed by atoms with E-state index in [-0.39, 0.29) is 10.7 Å². The van der Waals surface area contributed by atoms with E-state index in [1.54, 1.807) is 30.3 Å². The fraction of sp³-hybridized carbons (Fsp3) is 0. The Morgan fingerprint density at radius 3 is 2.29 bits per heavy atom.